The second-order valence-corrected chi connectivity index (χ2v) is 7.93. The average Bonchev–Trinajstić information content (AvgIpc) is 2.88. The van der Waals surface area contributed by atoms with Gasteiger partial charge in [0.05, 0.1) is 0 Å². The molecule has 0 spiro atoms. The smallest absolute Gasteiger partial charge is 0.326 e. The van der Waals surface area contributed by atoms with E-state index in [1.807, 2.05) is 91.0 Å². The lowest BCUT2D eigenvalue weighted by Gasteiger charge is -2.16. The highest BCUT2D eigenvalue weighted by molar-refractivity contribution is 5.97. The van der Waals surface area contributed by atoms with Crippen LogP contribution in [0.4, 0.5) is 0 Å². The van der Waals surface area contributed by atoms with Crippen molar-refractivity contribution in [1.29, 1.82) is 0 Å². The number of ether oxygens (including phenoxy) is 1. The molecule has 0 aliphatic rings. The van der Waals surface area contributed by atoms with Gasteiger partial charge >= 0.3 is 5.97 Å². The number of carboxylic acids is 1. The molecule has 0 unspecified atom stereocenters. The van der Waals surface area contributed by atoms with Gasteiger partial charge < -0.3 is 15.2 Å². The molecule has 0 saturated carbocycles. The van der Waals surface area contributed by atoms with E-state index in [0.29, 0.717) is 17.9 Å². The maximum atomic E-state index is 12.7. The number of rotatable bonds is 9. The number of hydrogen-bond donors (Lipinski definition) is 2. The summed E-state index contributed by atoms with van der Waals surface area (Å²) in [6, 6.07) is 33.0. The Balaban J connectivity index is 1.39. The van der Waals surface area contributed by atoms with Crippen LogP contribution in [0.5, 0.6) is 5.75 Å². The fourth-order valence-electron chi connectivity index (χ4n) is 3.63. The third kappa shape index (κ3) is 6.11. The third-order valence-electron chi connectivity index (χ3n) is 5.44. The van der Waals surface area contributed by atoms with Crippen molar-refractivity contribution in [3.63, 3.8) is 0 Å². The normalized spacial score (nSPS) is 11.4. The summed E-state index contributed by atoms with van der Waals surface area (Å²) in [5, 5.41) is 12.3. The highest BCUT2D eigenvalue weighted by Gasteiger charge is 2.21. The van der Waals surface area contributed by atoms with Crippen LogP contribution in [0.25, 0.3) is 11.1 Å². The molecule has 0 radical (unpaired) electrons. The first-order valence-corrected chi connectivity index (χ1v) is 11.0. The SMILES string of the molecule is O=C(N[C@@H](Cc1cccc(OCc2ccccc2)c1)C(=O)O)c1ccc(-c2ccccc2)cc1. The largest absolute Gasteiger partial charge is 0.489 e. The van der Waals surface area contributed by atoms with E-state index in [1.165, 1.54) is 0 Å². The van der Waals surface area contributed by atoms with Gasteiger partial charge in [-0.2, -0.15) is 0 Å². The van der Waals surface area contributed by atoms with Gasteiger partial charge in [-0.25, -0.2) is 4.79 Å². The maximum Gasteiger partial charge on any atom is 0.326 e. The Labute approximate surface area is 198 Å². The number of carbonyl (C=O) groups excluding carboxylic acids is 1. The van der Waals surface area contributed by atoms with Crippen LogP contribution >= 0.6 is 0 Å². The monoisotopic (exact) mass is 451 g/mol. The summed E-state index contributed by atoms with van der Waals surface area (Å²) < 4.78 is 5.84. The molecule has 4 rings (SSSR count). The first-order valence-electron chi connectivity index (χ1n) is 11.0. The first-order chi connectivity index (χ1) is 16.6. The zero-order chi connectivity index (χ0) is 23.8. The summed E-state index contributed by atoms with van der Waals surface area (Å²) in [4.78, 5) is 24.6. The van der Waals surface area contributed by atoms with Crippen molar-refractivity contribution in [3.8, 4) is 16.9 Å². The summed E-state index contributed by atoms with van der Waals surface area (Å²) in [5.74, 6) is -0.873. The van der Waals surface area contributed by atoms with E-state index in [1.54, 1.807) is 18.2 Å². The molecule has 0 fully saturated rings. The van der Waals surface area contributed by atoms with Crippen molar-refractivity contribution in [1.82, 2.24) is 5.32 Å². The molecule has 1 amide bonds. The number of nitrogens with one attached hydrogen (secondary N) is 1. The van der Waals surface area contributed by atoms with Gasteiger partial charge in [-0.3, -0.25) is 4.79 Å². The van der Waals surface area contributed by atoms with Crippen LogP contribution in [0.1, 0.15) is 21.5 Å². The summed E-state index contributed by atoms with van der Waals surface area (Å²) in [6.07, 6.45) is 0.145. The van der Waals surface area contributed by atoms with E-state index in [4.69, 9.17) is 4.74 Å². The molecule has 4 aromatic carbocycles. The second-order valence-electron chi connectivity index (χ2n) is 7.93. The van der Waals surface area contributed by atoms with E-state index in [2.05, 4.69) is 5.32 Å². The quantitative estimate of drug-likeness (QED) is 0.359. The van der Waals surface area contributed by atoms with Crippen molar-refractivity contribution in [2.45, 2.75) is 19.1 Å². The Bertz CT molecular complexity index is 1240. The van der Waals surface area contributed by atoms with Crippen LogP contribution in [0.15, 0.2) is 109 Å². The Morgan fingerprint density at radius 3 is 2.03 bits per heavy atom. The molecule has 0 heterocycles. The van der Waals surface area contributed by atoms with E-state index < -0.39 is 17.9 Å². The third-order valence-corrected chi connectivity index (χ3v) is 5.44. The highest BCUT2D eigenvalue weighted by Crippen LogP contribution is 2.20. The Morgan fingerprint density at radius 2 is 1.35 bits per heavy atom. The number of amides is 1. The Hall–Kier alpha value is -4.38. The number of benzene rings is 4. The molecule has 0 aliphatic heterocycles. The van der Waals surface area contributed by atoms with E-state index in [-0.39, 0.29) is 6.42 Å². The lowest BCUT2D eigenvalue weighted by atomic mass is 10.0. The summed E-state index contributed by atoms with van der Waals surface area (Å²) >= 11 is 0. The van der Waals surface area contributed by atoms with Crippen LogP contribution in [0.3, 0.4) is 0 Å². The van der Waals surface area contributed by atoms with Crippen LogP contribution < -0.4 is 10.1 Å². The van der Waals surface area contributed by atoms with Gasteiger partial charge in [-0.15, -0.1) is 0 Å². The van der Waals surface area contributed by atoms with Gasteiger partial charge in [-0.05, 0) is 46.5 Å². The van der Waals surface area contributed by atoms with Crippen LogP contribution in [0, 0.1) is 0 Å². The van der Waals surface area contributed by atoms with Crippen molar-refractivity contribution in [3.05, 3.63) is 126 Å². The van der Waals surface area contributed by atoms with Gasteiger partial charge in [0.1, 0.15) is 18.4 Å². The average molecular weight is 452 g/mol. The Morgan fingerprint density at radius 1 is 0.735 bits per heavy atom. The molecule has 0 bridgehead atoms. The minimum atomic E-state index is -1.09. The topological polar surface area (TPSA) is 75.6 Å². The van der Waals surface area contributed by atoms with Crippen LogP contribution in [0.2, 0.25) is 0 Å². The van der Waals surface area contributed by atoms with Crippen LogP contribution in [-0.4, -0.2) is 23.0 Å². The summed E-state index contributed by atoms with van der Waals surface area (Å²) in [7, 11) is 0. The zero-order valence-corrected chi connectivity index (χ0v) is 18.6. The fraction of sp³-hybridized carbons (Fsp3) is 0.103. The second kappa shape index (κ2) is 11.0. The number of hydrogen-bond acceptors (Lipinski definition) is 3. The van der Waals surface area contributed by atoms with Gasteiger partial charge in [0.2, 0.25) is 0 Å². The molecule has 1 atom stereocenters. The molecule has 4 aromatic rings. The lowest BCUT2D eigenvalue weighted by molar-refractivity contribution is -0.139. The summed E-state index contributed by atoms with van der Waals surface area (Å²) in [6.45, 7) is 0.419. The van der Waals surface area contributed by atoms with E-state index in [0.717, 1.165) is 22.3 Å². The molecule has 2 N–H and O–H groups in total. The molecule has 5 nitrogen and oxygen atoms in total. The molecule has 170 valence electrons. The predicted octanol–water partition coefficient (Wildman–Crippen LogP) is 5.36. The minimum absolute atomic E-state index is 0.145. The van der Waals surface area contributed by atoms with Crippen LogP contribution in [-0.2, 0) is 17.8 Å². The highest BCUT2D eigenvalue weighted by atomic mass is 16.5. The van der Waals surface area contributed by atoms with E-state index in [9.17, 15) is 14.7 Å². The summed E-state index contributed by atoms with van der Waals surface area (Å²) in [5.41, 5.74) is 4.25. The molecule has 34 heavy (non-hydrogen) atoms. The molecule has 0 aromatic heterocycles. The lowest BCUT2D eigenvalue weighted by Crippen LogP contribution is -2.42. The zero-order valence-electron chi connectivity index (χ0n) is 18.6. The maximum absolute atomic E-state index is 12.7. The van der Waals surface area contributed by atoms with Crippen molar-refractivity contribution < 1.29 is 19.4 Å². The predicted molar refractivity (Wildman–Crippen MR) is 132 cm³/mol. The molecule has 5 heteroatoms. The fourth-order valence-corrected chi connectivity index (χ4v) is 3.63. The number of carboxylic acid groups (broad SMARTS) is 1. The van der Waals surface area contributed by atoms with E-state index >= 15 is 0 Å². The number of carbonyl (C=O) groups is 2. The van der Waals surface area contributed by atoms with Gasteiger partial charge in [0.15, 0.2) is 0 Å². The standard InChI is InChI=1S/C29H25NO4/c31-28(25-16-14-24(15-17-25)23-11-5-2-6-12-23)30-27(29(32)33)19-22-10-7-13-26(18-22)34-20-21-8-3-1-4-9-21/h1-18,27H,19-20H2,(H,30,31)(H,32,33)/t27-/m0/s1. The van der Waals surface area contributed by atoms with Gasteiger partial charge in [0, 0.05) is 12.0 Å². The van der Waals surface area contributed by atoms with Crippen molar-refractivity contribution in [2.75, 3.05) is 0 Å². The van der Waals surface area contributed by atoms with Gasteiger partial charge in [0.25, 0.3) is 5.91 Å². The van der Waals surface area contributed by atoms with Crippen molar-refractivity contribution in [2.24, 2.45) is 0 Å². The molecule has 0 aliphatic carbocycles. The molecular weight excluding hydrogens is 426 g/mol. The van der Waals surface area contributed by atoms with Crippen molar-refractivity contribution >= 4 is 11.9 Å². The molecule has 0 saturated heterocycles. The Kier molecular flexibility index (Phi) is 7.35. The molecular formula is C29H25NO4. The minimum Gasteiger partial charge on any atom is -0.489 e. The first kappa shape index (κ1) is 22.8. The number of aliphatic carboxylic acids is 1. The van der Waals surface area contributed by atoms with Gasteiger partial charge in [-0.1, -0.05) is 84.9 Å².